The van der Waals surface area contributed by atoms with Gasteiger partial charge in [-0.1, -0.05) is 0 Å². The molecule has 0 radical (unpaired) electrons. The fraction of sp³-hybridized carbons (Fsp3) is 0.167. The van der Waals surface area contributed by atoms with Crippen molar-refractivity contribution in [3.63, 3.8) is 0 Å². The number of hydrogen-bond acceptors (Lipinski definition) is 8. The van der Waals surface area contributed by atoms with Gasteiger partial charge in [-0.15, -0.1) is 0 Å². The molecule has 0 saturated heterocycles. The third-order valence-electron chi connectivity index (χ3n) is 4.39. The third kappa shape index (κ3) is 9.28. The van der Waals surface area contributed by atoms with Crippen molar-refractivity contribution in [3.05, 3.63) is 73.3 Å². The van der Waals surface area contributed by atoms with Gasteiger partial charge in [-0.25, -0.2) is 0 Å². The van der Waals surface area contributed by atoms with Crippen LogP contribution in [0.25, 0.3) is 22.8 Å². The molecule has 0 saturated carbocycles. The molecule has 0 atom stereocenters. The summed E-state index contributed by atoms with van der Waals surface area (Å²) in [6, 6.07) is 14.5. The van der Waals surface area contributed by atoms with E-state index in [9.17, 15) is 0 Å². The van der Waals surface area contributed by atoms with Gasteiger partial charge in [0, 0.05) is 49.1 Å². The van der Waals surface area contributed by atoms with Crippen LogP contribution in [0.15, 0.2) is 73.3 Å². The maximum atomic E-state index is 5.13. The Labute approximate surface area is 220 Å². The van der Waals surface area contributed by atoms with Crippen LogP contribution < -0.4 is 18.9 Å². The van der Waals surface area contributed by atoms with Crippen molar-refractivity contribution in [3.8, 4) is 45.8 Å². The van der Waals surface area contributed by atoms with Crippen LogP contribution in [0, 0.1) is 0 Å². The summed E-state index contributed by atoms with van der Waals surface area (Å²) >= 11 is -0.346. The topological polar surface area (TPSA) is 88.5 Å². The summed E-state index contributed by atoms with van der Waals surface area (Å²) in [5, 5.41) is 0. The maximum absolute atomic E-state index is 5.13. The second-order valence-corrected chi connectivity index (χ2v) is 9.01. The average Bonchev–Trinajstić information content (AvgIpc) is 2.94. The Bertz CT molecular complexity index is 1010. The Morgan fingerprint density at radius 2 is 0.686 bits per heavy atom. The van der Waals surface area contributed by atoms with Gasteiger partial charge >= 0.3 is 34.5 Å². The molecule has 0 aliphatic heterocycles. The Morgan fingerprint density at radius 1 is 0.486 bits per heavy atom. The molecule has 4 aromatic heterocycles. The van der Waals surface area contributed by atoms with E-state index in [1.54, 1.807) is 77.5 Å². The predicted octanol–water partition coefficient (Wildman–Crippen LogP) is 5.70. The van der Waals surface area contributed by atoms with Crippen LogP contribution >= 0.6 is 19.4 Å². The molecule has 4 aromatic rings. The quantitative estimate of drug-likeness (QED) is 0.259. The standard InChI is InChI=1S/2C12H12N2O2.2ClH.Ru/c2*1-15-9-3-5-13-11(7-9)12-8-10(16-2)4-6-14-12;;;/h2*3-8H,1-2H3;2*1H;/q;;;;+2/p-2. The average molecular weight is 604 g/mol. The molecular weight excluding hydrogens is 580 g/mol. The van der Waals surface area contributed by atoms with Crippen molar-refractivity contribution in [1.29, 1.82) is 0 Å². The van der Waals surface area contributed by atoms with E-state index in [4.69, 9.17) is 38.3 Å². The summed E-state index contributed by atoms with van der Waals surface area (Å²) in [7, 11) is 16.2. The molecule has 0 N–H and O–H groups in total. The Balaban J connectivity index is 0.000000222. The van der Waals surface area contributed by atoms with Crippen molar-refractivity contribution in [1.82, 2.24) is 19.9 Å². The van der Waals surface area contributed by atoms with Crippen molar-refractivity contribution < 1.29 is 34.1 Å². The van der Waals surface area contributed by atoms with E-state index >= 15 is 0 Å². The summed E-state index contributed by atoms with van der Waals surface area (Å²) in [5.41, 5.74) is 3.05. The van der Waals surface area contributed by atoms with Gasteiger partial charge in [0.2, 0.25) is 0 Å². The van der Waals surface area contributed by atoms with E-state index in [-0.39, 0.29) is 15.1 Å². The fourth-order valence-electron chi connectivity index (χ4n) is 2.71. The van der Waals surface area contributed by atoms with E-state index < -0.39 is 0 Å². The van der Waals surface area contributed by atoms with Gasteiger partial charge in [0.05, 0.1) is 51.2 Å². The molecule has 0 aliphatic rings. The molecule has 4 rings (SSSR count). The van der Waals surface area contributed by atoms with Gasteiger partial charge in [-0.05, 0) is 24.3 Å². The predicted molar refractivity (Wildman–Crippen MR) is 133 cm³/mol. The minimum absolute atomic E-state index is 0.346. The molecule has 0 aromatic carbocycles. The summed E-state index contributed by atoms with van der Waals surface area (Å²) in [4.78, 5) is 16.9. The summed E-state index contributed by atoms with van der Waals surface area (Å²) in [5.74, 6) is 3.04. The molecule has 0 bridgehead atoms. The molecule has 0 fully saturated rings. The van der Waals surface area contributed by atoms with Crippen molar-refractivity contribution >= 4 is 19.4 Å². The first-order valence-corrected chi connectivity index (χ1v) is 14.4. The van der Waals surface area contributed by atoms with E-state index in [0.717, 1.165) is 45.8 Å². The number of nitrogens with zero attached hydrogens (tertiary/aromatic N) is 4. The van der Waals surface area contributed by atoms with Crippen LogP contribution in [0.5, 0.6) is 23.0 Å². The van der Waals surface area contributed by atoms with Crippen LogP contribution in [0.2, 0.25) is 0 Å². The Hall–Kier alpha value is -3.00. The van der Waals surface area contributed by atoms with E-state index in [1.807, 2.05) is 24.3 Å². The zero-order valence-electron chi connectivity index (χ0n) is 19.5. The minimum atomic E-state index is -0.346. The summed E-state index contributed by atoms with van der Waals surface area (Å²) in [6.45, 7) is 0. The van der Waals surface area contributed by atoms with Gasteiger partial charge in [0.1, 0.15) is 23.0 Å². The Morgan fingerprint density at radius 3 is 0.857 bits per heavy atom. The zero-order valence-corrected chi connectivity index (χ0v) is 22.7. The summed E-state index contributed by atoms with van der Waals surface area (Å²) in [6.07, 6.45) is 6.76. The molecule has 4 heterocycles. The second-order valence-electron chi connectivity index (χ2n) is 6.37. The number of rotatable bonds is 6. The first kappa shape index (κ1) is 28.2. The third-order valence-corrected chi connectivity index (χ3v) is 4.39. The van der Waals surface area contributed by atoms with Crippen LogP contribution in [0.3, 0.4) is 0 Å². The SMILES string of the molecule is COc1ccnc(-c2cc(OC)ccn2)c1.COc1ccnc(-c2cc(OC)ccn2)c1.[Cl][Ru][Cl]. The molecule has 8 nitrogen and oxygen atoms in total. The van der Waals surface area contributed by atoms with Crippen LogP contribution in [0.4, 0.5) is 0 Å². The van der Waals surface area contributed by atoms with Crippen LogP contribution in [0.1, 0.15) is 0 Å². The number of pyridine rings is 4. The van der Waals surface area contributed by atoms with Crippen molar-refractivity contribution in [2.24, 2.45) is 0 Å². The molecule has 0 aliphatic carbocycles. The van der Waals surface area contributed by atoms with Gasteiger partial charge in [0.25, 0.3) is 0 Å². The fourth-order valence-corrected chi connectivity index (χ4v) is 2.71. The molecule has 11 heteroatoms. The second kappa shape index (κ2) is 15.8. The number of aromatic nitrogens is 4. The molecule has 0 amide bonds. The van der Waals surface area contributed by atoms with E-state index in [2.05, 4.69) is 19.9 Å². The van der Waals surface area contributed by atoms with Gasteiger partial charge in [-0.2, -0.15) is 0 Å². The normalized spacial score (nSPS) is 9.66. The summed E-state index contributed by atoms with van der Waals surface area (Å²) < 4.78 is 20.5. The first-order chi connectivity index (χ1) is 17.1. The first-order valence-electron chi connectivity index (χ1n) is 9.94. The molecule has 186 valence electrons. The number of methoxy groups -OCH3 is 4. The van der Waals surface area contributed by atoms with E-state index in [1.165, 1.54) is 0 Å². The monoisotopic (exact) mass is 604 g/mol. The zero-order chi connectivity index (χ0) is 25.5. The van der Waals surface area contributed by atoms with Crippen LogP contribution in [-0.4, -0.2) is 48.4 Å². The molecule has 0 spiro atoms. The molecule has 0 unspecified atom stereocenters. The van der Waals surface area contributed by atoms with Gasteiger partial charge < -0.3 is 18.9 Å². The van der Waals surface area contributed by atoms with Crippen molar-refractivity contribution in [2.45, 2.75) is 0 Å². The number of ether oxygens (including phenoxy) is 4. The molecule has 35 heavy (non-hydrogen) atoms. The van der Waals surface area contributed by atoms with E-state index in [0.29, 0.717) is 0 Å². The van der Waals surface area contributed by atoms with Gasteiger partial charge in [-0.3, -0.25) is 19.9 Å². The van der Waals surface area contributed by atoms with Gasteiger partial charge in [0.15, 0.2) is 0 Å². The molecular formula is C24H24Cl2N4O4Ru. The number of hydrogen-bond donors (Lipinski definition) is 0. The van der Waals surface area contributed by atoms with Crippen molar-refractivity contribution in [2.75, 3.05) is 28.4 Å². The van der Waals surface area contributed by atoms with Crippen LogP contribution in [-0.2, 0) is 15.1 Å². The number of halogens is 2. The Kier molecular flexibility index (Phi) is 12.8.